The van der Waals surface area contributed by atoms with Gasteiger partial charge in [-0.25, -0.2) is 14.4 Å². The Labute approximate surface area is 116 Å². The fourth-order valence-electron chi connectivity index (χ4n) is 2.47. The Hall–Kier alpha value is -1.68. The molecule has 0 amide bonds. The standard InChI is InChI=1S/C14H13ClFN3/c1-3-9-6-8(2)18-19-13(9)11-5-4-10(16)7-12(11)17-14(19)15/h4-5,7H,3,6H2,1-2H3. The van der Waals surface area contributed by atoms with E-state index in [2.05, 4.69) is 17.0 Å². The van der Waals surface area contributed by atoms with Crippen LogP contribution >= 0.6 is 11.6 Å². The van der Waals surface area contributed by atoms with Gasteiger partial charge in [0.1, 0.15) is 5.82 Å². The number of hydrazone groups is 1. The molecule has 0 aliphatic carbocycles. The molecule has 0 radical (unpaired) electrons. The maximum Gasteiger partial charge on any atom is 0.224 e. The molecule has 0 atom stereocenters. The first-order valence-electron chi connectivity index (χ1n) is 6.20. The topological polar surface area (TPSA) is 28.0 Å². The zero-order chi connectivity index (χ0) is 13.6. The van der Waals surface area contributed by atoms with Gasteiger partial charge in [-0.1, -0.05) is 6.92 Å². The van der Waals surface area contributed by atoms with Gasteiger partial charge in [0.05, 0.1) is 11.4 Å². The molecule has 0 aromatic heterocycles. The highest BCUT2D eigenvalue weighted by atomic mass is 35.5. The molecule has 2 aliphatic heterocycles. The predicted molar refractivity (Wildman–Crippen MR) is 76.1 cm³/mol. The van der Waals surface area contributed by atoms with Crippen molar-refractivity contribution in [3.63, 3.8) is 0 Å². The lowest BCUT2D eigenvalue weighted by atomic mass is 9.96. The summed E-state index contributed by atoms with van der Waals surface area (Å²) in [7, 11) is 0. The number of hydrogen-bond acceptors (Lipinski definition) is 3. The van der Waals surface area contributed by atoms with Crippen LogP contribution in [0.4, 0.5) is 10.1 Å². The van der Waals surface area contributed by atoms with E-state index in [1.54, 1.807) is 11.1 Å². The van der Waals surface area contributed by atoms with Crippen LogP contribution in [0.25, 0.3) is 5.70 Å². The molecule has 0 bridgehead atoms. The van der Waals surface area contributed by atoms with E-state index in [1.165, 1.54) is 17.7 Å². The van der Waals surface area contributed by atoms with E-state index in [0.29, 0.717) is 5.69 Å². The van der Waals surface area contributed by atoms with Crippen LogP contribution in [0.3, 0.4) is 0 Å². The third-order valence-electron chi connectivity index (χ3n) is 3.32. The molecule has 3 nitrogen and oxygen atoms in total. The van der Waals surface area contributed by atoms with Gasteiger partial charge < -0.3 is 0 Å². The van der Waals surface area contributed by atoms with E-state index in [9.17, 15) is 4.39 Å². The van der Waals surface area contributed by atoms with Crippen LogP contribution in [-0.4, -0.2) is 16.0 Å². The number of amidine groups is 1. The average Bonchev–Trinajstić information content (AvgIpc) is 2.38. The first-order valence-corrected chi connectivity index (χ1v) is 6.58. The lowest BCUT2D eigenvalue weighted by Crippen LogP contribution is -2.28. The van der Waals surface area contributed by atoms with Gasteiger partial charge in [0, 0.05) is 23.8 Å². The Kier molecular flexibility index (Phi) is 2.90. The normalized spacial score (nSPS) is 17.8. The third kappa shape index (κ3) is 1.96. The van der Waals surface area contributed by atoms with Crippen LogP contribution < -0.4 is 0 Å². The van der Waals surface area contributed by atoms with E-state index >= 15 is 0 Å². The molecule has 0 unspecified atom stereocenters. The minimum absolute atomic E-state index is 0.262. The maximum atomic E-state index is 13.3. The number of halogens is 2. The fourth-order valence-corrected chi connectivity index (χ4v) is 2.69. The van der Waals surface area contributed by atoms with Gasteiger partial charge in [-0.3, -0.25) is 0 Å². The first kappa shape index (κ1) is 12.4. The highest BCUT2D eigenvalue weighted by Crippen LogP contribution is 2.40. The lowest BCUT2D eigenvalue weighted by molar-refractivity contribution is 0.605. The Morgan fingerprint density at radius 3 is 2.95 bits per heavy atom. The molecule has 0 saturated carbocycles. The number of benzene rings is 1. The molecule has 0 fully saturated rings. The van der Waals surface area contributed by atoms with Crippen molar-refractivity contribution < 1.29 is 4.39 Å². The van der Waals surface area contributed by atoms with Crippen LogP contribution in [0, 0.1) is 5.82 Å². The van der Waals surface area contributed by atoms with Gasteiger partial charge in [0.15, 0.2) is 0 Å². The number of nitrogens with zero attached hydrogens (tertiary/aromatic N) is 3. The van der Waals surface area contributed by atoms with Crippen LogP contribution in [0.2, 0.25) is 0 Å². The van der Waals surface area contributed by atoms with Gasteiger partial charge in [0.25, 0.3) is 0 Å². The summed E-state index contributed by atoms with van der Waals surface area (Å²) in [6, 6.07) is 4.59. The van der Waals surface area contributed by atoms with Gasteiger partial charge in [0.2, 0.25) is 5.29 Å². The van der Waals surface area contributed by atoms with Crippen molar-refractivity contribution in [2.75, 3.05) is 0 Å². The second-order valence-corrected chi connectivity index (χ2v) is 5.01. The third-order valence-corrected chi connectivity index (χ3v) is 3.56. The second-order valence-electron chi connectivity index (χ2n) is 4.67. The van der Waals surface area contributed by atoms with Gasteiger partial charge >= 0.3 is 0 Å². The van der Waals surface area contributed by atoms with Gasteiger partial charge in [-0.05, 0) is 42.7 Å². The molecule has 19 heavy (non-hydrogen) atoms. The molecule has 2 heterocycles. The molecule has 5 heteroatoms. The summed E-state index contributed by atoms with van der Waals surface area (Å²) in [6.45, 7) is 4.07. The zero-order valence-corrected chi connectivity index (χ0v) is 11.5. The highest BCUT2D eigenvalue weighted by Gasteiger charge is 2.29. The Morgan fingerprint density at radius 1 is 1.42 bits per heavy atom. The monoisotopic (exact) mass is 277 g/mol. The van der Waals surface area contributed by atoms with E-state index < -0.39 is 0 Å². The summed E-state index contributed by atoms with van der Waals surface area (Å²) in [5, 5.41) is 6.35. The molecular weight excluding hydrogens is 265 g/mol. The molecule has 0 N–H and O–H groups in total. The van der Waals surface area contributed by atoms with Crippen LogP contribution in [0.1, 0.15) is 32.3 Å². The SMILES string of the molecule is CCC1=C2c3ccc(F)cc3N=C(Cl)N2N=C(C)C1. The largest absolute Gasteiger partial charge is 0.224 e. The van der Waals surface area contributed by atoms with Crippen molar-refractivity contribution >= 4 is 34.0 Å². The number of hydrogen-bond donors (Lipinski definition) is 0. The molecule has 0 saturated heterocycles. The van der Waals surface area contributed by atoms with Crippen molar-refractivity contribution in [2.45, 2.75) is 26.7 Å². The summed E-state index contributed by atoms with van der Waals surface area (Å²) in [5.41, 5.74) is 4.65. The highest BCUT2D eigenvalue weighted by molar-refractivity contribution is 6.65. The zero-order valence-electron chi connectivity index (χ0n) is 10.7. The van der Waals surface area contributed by atoms with Crippen molar-refractivity contribution in [1.82, 2.24) is 5.01 Å². The quantitative estimate of drug-likeness (QED) is 0.705. The molecule has 98 valence electrons. The summed E-state index contributed by atoms with van der Waals surface area (Å²) < 4.78 is 13.3. The summed E-state index contributed by atoms with van der Waals surface area (Å²) >= 11 is 6.17. The molecular formula is C14H13ClFN3. The summed E-state index contributed by atoms with van der Waals surface area (Å²) in [4.78, 5) is 4.22. The Balaban J connectivity index is 2.26. The second kappa shape index (κ2) is 4.46. The van der Waals surface area contributed by atoms with Crippen LogP contribution in [-0.2, 0) is 0 Å². The van der Waals surface area contributed by atoms with Crippen LogP contribution in [0.15, 0.2) is 33.9 Å². The Bertz CT molecular complexity index is 646. The van der Waals surface area contributed by atoms with E-state index in [1.807, 2.05) is 6.92 Å². The van der Waals surface area contributed by atoms with E-state index in [4.69, 9.17) is 11.6 Å². The molecule has 3 rings (SSSR count). The van der Waals surface area contributed by atoms with Gasteiger partial charge in [-0.15, -0.1) is 0 Å². The lowest BCUT2D eigenvalue weighted by Gasteiger charge is -2.32. The maximum absolute atomic E-state index is 13.3. The number of aliphatic imine (C=N–C) groups is 1. The van der Waals surface area contributed by atoms with Crippen molar-refractivity contribution in [3.8, 4) is 0 Å². The molecule has 1 aromatic carbocycles. The van der Waals surface area contributed by atoms with Crippen molar-refractivity contribution in [3.05, 3.63) is 35.2 Å². The first-order chi connectivity index (χ1) is 9.10. The number of fused-ring (bicyclic) bond motifs is 3. The molecule has 1 aromatic rings. The van der Waals surface area contributed by atoms with E-state index in [0.717, 1.165) is 29.8 Å². The fraction of sp³-hybridized carbons (Fsp3) is 0.286. The number of allylic oxidation sites excluding steroid dienone is 1. The van der Waals surface area contributed by atoms with Gasteiger partial charge in [-0.2, -0.15) is 5.10 Å². The minimum Gasteiger partial charge on any atom is -0.218 e. The predicted octanol–water partition coefficient (Wildman–Crippen LogP) is 4.27. The van der Waals surface area contributed by atoms with Crippen molar-refractivity contribution in [2.24, 2.45) is 10.1 Å². The average molecular weight is 278 g/mol. The molecule has 2 aliphatic rings. The van der Waals surface area contributed by atoms with E-state index in [-0.39, 0.29) is 11.1 Å². The molecule has 0 spiro atoms. The van der Waals surface area contributed by atoms with Crippen LogP contribution in [0.5, 0.6) is 0 Å². The summed E-state index contributed by atoms with van der Waals surface area (Å²) in [6.07, 6.45) is 1.73. The smallest absolute Gasteiger partial charge is 0.218 e. The Morgan fingerprint density at radius 2 is 2.21 bits per heavy atom. The minimum atomic E-state index is -0.311. The summed E-state index contributed by atoms with van der Waals surface area (Å²) in [5.74, 6) is -0.311. The van der Waals surface area contributed by atoms with Crippen molar-refractivity contribution in [1.29, 1.82) is 0 Å². The number of rotatable bonds is 1.